The first-order valence-electron chi connectivity index (χ1n) is 5.93. The molecule has 0 aliphatic rings. The van der Waals surface area contributed by atoms with Gasteiger partial charge in [0.2, 0.25) is 10.0 Å². The Morgan fingerprint density at radius 2 is 2.22 bits per heavy atom. The van der Waals surface area contributed by atoms with Crippen LogP contribution >= 0.6 is 11.8 Å². The Hall–Kier alpha value is -0.500. The lowest BCUT2D eigenvalue weighted by molar-refractivity contribution is 0.580. The van der Waals surface area contributed by atoms with E-state index < -0.39 is 10.0 Å². The summed E-state index contributed by atoms with van der Waals surface area (Å²) in [6, 6.07) is 1.64. The van der Waals surface area contributed by atoms with Crippen LogP contribution in [0.5, 0.6) is 0 Å². The second-order valence-corrected chi connectivity index (χ2v) is 6.65. The Labute approximate surface area is 113 Å². The molecular weight excluding hydrogens is 270 g/mol. The van der Waals surface area contributed by atoms with Crippen molar-refractivity contribution in [3.8, 4) is 0 Å². The first-order valence-corrected chi connectivity index (χ1v) is 8.80. The summed E-state index contributed by atoms with van der Waals surface area (Å²) in [7, 11) is -3.40. The van der Waals surface area contributed by atoms with E-state index in [0.717, 1.165) is 17.9 Å². The average molecular weight is 291 g/mol. The summed E-state index contributed by atoms with van der Waals surface area (Å²) in [4.78, 5) is 0.300. The van der Waals surface area contributed by atoms with Crippen molar-refractivity contribution in [2.24, 2.45) is 5.73 Å². The lowest BCUT2D eigenvalue weighted by atomic mass is 10.4. The Kier molecular flexibility index (Phi) is 6.20. The molecule has 104 valence electrons. The maximum atomic E-state index is 12.0. The van der Waals surface area contributed by atoms with Crippen molar-refractivity contribution in [1.29, 1.82) is 0 Å². The molecular formula is C11H21N3O2S2. The summed E-state index contributed by atoms with van der Waals surface area (Å²) in [6.07, 6.45) is 4.47. The van der Waals surface area contributed by atoms with E-state index in [1.165, 1.54) is 0 Å². The molecule has 0 aliphatic heterocycles. The normalized spacial score (nSPS) is 11.9. The quantitative estimate of drug-likeness (QED) is 0.701. The third-order valence-corrected chi connectivity index (χ3v) is 4.76. The monoisotopic (exact) mass is 291 g/mol. The zero-order chi connectivity index (χ0) is 13.6. The third kappa shape index (κ3) is 4.01. The Bertz CT molecular complexity index is 447. The molecule has 0 aromatic carbocycles. The number of sulfonamides is 1. The van der Waals surface area contributed by atoms with Crippen LogP contribution in [0.15, 0.2) is 17.2 Å². The van der Waals surface area contributed by atoms with E-state index in [-0.39, 0.29) is 0 Å². The van der Waals surface area contributed by atoms with Gasteiger partial charge in [-0.1, -0.05) is 0 Å². The Balaban J connectivity index is 2.75. The number of hydrogen-bond donors (Lipinski definition) is 2. The third-order valence-electron chi connectivity index (χ3n) is 2.64. The molecule has 1 aromatic rings. The lowest BCUT2D eigenvalue weighted by Gasteiger charge is -2.04. The van der Waals surface area contributed by atoms with Gasteiger partial charge in [-0.15, -0.1) is 0 Å². The van der Waals surface area contributed by atoms with Crippen LogP contribution in [0.1, 0.15) is 19.0 Å². The van der Waals surface area contributed by atoms with Gasteiger partial charge in [0, 0.05) is 31.5 Å². The summed E-state index contributed by atoms with van der Waals surface area (Å²) in [5, 5.41) is 0. The Morgan fingerprint density at radius 3 is 2.72 bits per heavy atom. The van der Waals surface area contributed by atoms with Crippen molar-refractivity contribution in [3.63, 3.8) is 0 Å². The van der Waals surface area contributed by atoms with E-state index in [0.29, 0.717) is 24.5 Å². The average Bonchev–Trinajstić information content (AvgIpc) is 2.78. The number of nitrogens with two attached hydrogens (primary N) is 1. The summed E-state index contributed by atoms with van der Waals surface area (Å²) in [5.74, 6) is 0.951. The fourth-order valence-corrected chi connectivity index (χ4v) is 3.21. The van der Waals surface area contributed by atoms with Gasteiger partial charge in [-0.3, -0.25) is 0 Å². The first kappa shape index (κ1) is 15.6. The van der Waals surface area contributed by atoms with Gasteiger partial charge < -0.3 is 10.3 Å². The summed E-state index contributed by atoms with van der Waals surface area (Å²) < 4.78 is 28.5. The van der Waals surface area contributed by atoms with E-state index in [9.17, 15) is 8.42 Å². The molecule has 1 rings (SSSR count). The van der Waals surface area contributed by atoms with E-state index in [4.69, 9.17) is 5.73 Å². The van der Waals surface area contributed by atoms with Crippen molar-refractivity contribution in [2.45, 2.75) is 31.3 Å². The molecule has 1 aromatic heterocycles. The molecule has 7 heteroatoms. The van der Waals surface area contributed by atoms with Crippen molar-refractivity contribution >= 4 is 21.8 Å². The van der Waals surface area contributed by atoms with E-state index in [1.54, 1.807) is 24.0 Å². The smallest absolute Gasteiger partial charge is 0.242 e. The van der Waals surface area contributed by atoms with Crippen molar-refractivity contribution in [3.05, 3.63) is 18.0 Å². The molecule has 0 fully saturated rings. The van der Waals surface area contributed by atoms with Crippen molar-refractivity contribution in [2.75, 3.05) is 18.6 Å². The maximum Gasteiger partial charge on any atom is 0.242 e. The largest absolute Gasteiger partial charge is 0.349 e. The lowest BCUT2D eigenvalue weighted by Crippen LogP contribution is -2.24. The summed E-state index contributed by atoms with van der Waals surface area (Å²) in [5.41, 5.74) is 6.42. The van der Waals surface area contributed by atoms with Crippen LogP contribution in [0, 0.1) is 0 Å². The SMILES string of the molecule is CCn1cc(S(=O)(=O)NCCCSC)cc1CN. The predicted octanol–water partition coefficient (Wildman–Crippen LogP) is 0.998. The van der Waals surface area contributed by atoms with Crippen molar-refractivity contribution < 1.29 is 8.42 Å². The molecule has 0 saturated heterocycles. The molecule has 0 spiro atoms. The van der Waals surface area contributed by atoms with Crippen LogP contribution in [0.4, 0.5) is 0 Å². The van der Waals surface area contributed by atoms with Crippen LogP contribution in [-0.2, 0) is 23.1 Å². The van der Waals surface area contributed by atoms with E-state index in [2.05, 4.69) is 4.72 Å². The van der Waals surface area contributed by atoms with Crippen LogP contribution in [0.25, 0.3) is 0 Å². The zero-order valence-electron chi connectivity index (χ0n) is 10.8. The molecule has 0 amide bonds. The number of nitrogens with one attached hydrogen (secondary N) is 1. The Morgan fingerprint density at radius 1 is 1.50 bits per heavy atom. The van der Waals surface area contributed by atoms with E-state index >= 15 is 0 Å². The molecule has 0 unspecified atom stereocenters. The molecule has 1 heterocycles. The van der Waals surface area contributed by atoms with Crippen molar-refractivity contribution in [1.82, 2.24) is 9.29 Å². The van der Waals surface area contributed by atoms with Gasteiger partial charge in [-0.25, -0.2) is 13.1 Å². The highest BCUT2D eigenvalue weighted by atomic mass is 32.2. The molecule has 0 radical (unpaired) electrons. The van der Waals surface area contributed by atoms with E-state index in [1.807, 2.05) is 17.7 Å². The molecule has 5 nitrogen and oxygen atoms in total. The number of aryl methyl sites for hydroxylation is 1. The van der Waals surface area contributed by atoms with Gasteiger partial charge in [-0.05, 0) is 31.4 Å². The van der Waals surface area contributed by atoms with Crippen LogP contribution < -0.4 is 10.5 Å². The topological polar surface area (TPSA) is 77.1 Å². The molecule has 0 atom stereocenters. The minimum atomic E-state index is -3.40. The van der Waals surface area contributed by atoms with Gasteiger partial charge in [0.15, 0.2) is 0 Å². The van der Waals surface area contributed by atoms with Crippen LogP contribution in [-0.4, -0.2) is 31.5 Å². The second kappa shape index (κ2) is 7.18. The maximum absolute atomic E-state index is 12.0. The van der Waals surface area contributed by atoms with Gasteiger partial charge in [0.1, 0.15) is 0 Å². The molecule has 0 aliphatic carbocycles. The first-order chi connectivity index (χ1) is 8.55. The van der Waals surface area contributed by atoms with Gasteiger partial charge in [-0.2, -0.15) is 11.8 Å². The highest BCUT2D eigenvalue weighted by molar-refractivity contribution is 7.98. The standard InChI is InChI=1S/C11H21N3O2S2/c1-3-14-9-11(7-10(14)8-12)18(15,16)13-5-4-6-17-2/h7,9,13H,3-6,8,12H2,1-2H3. The van der Waals surface area contributed by atoms with Crippen LogP contribution in [0.2, 0.25) is 0 Å². The number of rotatable bonds is 8. The summed E-state index contributed by atoms with van der Waals surface area (Å²) >= 11 is 1.71. The number of nitrogens with zero attached hydrogens (tertiary/aromatic N) is 1. The summed E-state index contributed by atoms with van der Waals surface area (Å²) in [6.45, 7) is 3.49. The molecule has 0 bridgehead atoms. The minimum absolute atomic E-state index is 0.300. The fraction of sp³-hybridized carbons (Fsp3) is 0.636. The van der Waals surface area contributed by atoms with Gasteiger partial charge >= 0.3 is 0 Å². The number of aromatic nitrogens is 1. The number of hydrogen-bond acceptors (Lipinski definition) is 4. The van der Waals surface area contributed by atoms with Gasteiger partial charge in [0.25, 0.3) is 0 Å². The highest BCUT2D eigenvalue weighted by Gasteiger charge is 2.16. The predicted molar refractivity (Wildman–Crippen MR) is 76.2 cm³/mol. The zero-order valence-corrected chi connectivity index (χ0v) is 12.5. The molecule has 3 N–H and O–H groups in total. The number of thioether (sulfide) groups is 1. The van der Waals surface area contributed by atoms with Gasteiger partial charge in [0.05, 0.1) is 4.90 Å². The fourth-order valence-electron chi connectivity index (χ4n) is 1.64. The molecule has 0 saturated carbocycles. The minimum Gasteiger partial charge on any atom is -0.349 e. The molecule has 18 heavy (non-hydrogen) atoms. The van der Waals surface area contributed by atoms with Crippen LogP contribution in [0.3, 0.4) is 0 Å². The second-order valence-electron chi connectivity index (χ2n) is 3.90. The highest BCUT2D eigenvalue weighted by Crippen LogP contribution is 2.14.